The number of benzene rings is 1. The number of hydrogen-bond acceptors (Lipinski definition) is 3. The summed E-state index contributed by atoms with van der Waals surface area (Å²) in [6.07, 6.45) is 4.07. The fourth-order valence-electron chi connectivity index (χ4n) is 6.53. The summed E-state index contributed by atoms with van der Waals surface area (Å²) in [6.45, 7) is 10.9. The molecule has 154 valence electrons. The minimum Gasteiger partial charge on any atom is -0.497 e. The van der Waals surface area contributed by atoms with Gasteiger partial charge in [-0.15, -0.1) is 0 Å². The van der Waals surface area contributed by atoms with Crippen molar-refractivity contribution in [1.29, 1.82) is 0 Å². The zero-order chi connectivity index (χ0) is 20.9. The number of aryl methyl sites for hydroxylation is 1. The van der Waals surface area contributed by atoms with Crippen LogP contribution in [0.15, 0.2) is 18.2 Å². The Hall–Kier alpha value is -1.84. The summed E-state index contributed by atoms with van der Waals surface area (Å²) in [6, 6.07) is 5.71. The van der Waals surface area contributed by atoms with Crippen LogP contribution >= 0.6 is 0 Å². The number of amides is 1. The van der Waals surface area contributed by atoms with Crippen LogP contribution in [0, 0.1) is 41.4 Å². The van der Waals surface area contributed by atoms with E-state index in [0.29, 0.717) is 17.2 Å². The van der Waals surface area contributed by atoms with Crippen molar-refractivity contribution in [3.05, 3.63) is 29.3 Å². The molecule has 1 amide bonds. The van der Waals surface area contributed by atoms with E-state index in [9.17, 15) is 9.59 Å². The molecule has 1 aromatic rings. The molecule has 0 radical (unpaired) electrons. The summed E-state index contributed by atoms with van der Waals surface area (Å²) < 4.78 is 5.40. The van der Waals surface area contributed by atoms with E-state index in [0.717, 1.165) is 31.2 Å². The fraction of sp³-hybridized carbons (Fsp3) is 0.667. The smallest absolute Gasteiger partial charge is 0.220 e. The molecule has 5 atom stereocenters. The number of ketones is 1. The Morgan fingerprint density at radius 3 is 2.43 bits per heavy atom. The quantitative estimate of drug-likeness (QED) is 0.759. The third-order valence-electron chi connectivity index (χ3n) is 7.86. The highest BCUT2D eigenvalue weighted by Gasteiger charge is 2.59. The van der Waals surface area contributed by atoms with Gasteiger partial charge in [0, 0.05) is 17.4 Å². The first-order valence-electron chi connectivity index (χ1n) is 10.5. The van der Waals surface area contributed by atoms with Gasteiger partial charge in [-0.2, -0.15) is 0 Å². The van der Waals surface area contributed by atoms with Gasteiger partial charge >= 0.3 is 0 Å². The van der Waals surface area contributed by atoms with E-state index >= 15 is 0 Å². The Morgan fingerprint density at radius 1 is 1.14 bits per heavy atom. The van der Waals surface area contributed by atoms with Crippen molar-refractivity contribution in [3.8, 4) is 5.75 Å². The maximum atomic E-state index is 13.9. The average Bonchev–Trinajstić information content (AvgIpc) is 2.59. The summed E-state index contributed by atoms with van der Waals surface area (Å²) in [5, 5.41) is 0. The number of nitrogens with two attached hydrogens (primary N) is 1. The number of ether oxygens (including phenoxy) is 1. The molecule has 2 fully saturated rings. The van der Waals surface area contributed by atoms with Crippen LogP contribution in [0.3, 0.4) is 0 Å². The van der Waals surface area contributed by atoms with Crippen molar-refractivity contribution in [2.45, 2.75) is 60.3 Å². The molecule has 28 heavy (non-hydrogen) atoms. The molecule has 0 aliphatic heterocycles. The molecule has 1 unspecified atom stereocenters. The molecule has 0 spiro atoms. The molecule has 0 aromatic heterocycles. The van der Waals surface area contributed by atoms with Crippen LogP contribution in [-0.4, -0.2) is 18.8 Å². The van der Waals surface area contributed by atoms with Crippen LogP contribution in [0.1, 0.15) is 69.3 Å². The maximum absolute atomic E-state index is 13.9. The summed E-state index contributed by atoms with van der Waals surface area (Å²) in [4.78, 5) is 26.2. The van der Waals surface area contributed by atoms with Crippen molar-refractivity contribution < 1.29 is 14.3 Å². The van der Waals surface area contributed by atoms with Crippen LogP contribution in [0.4, 0.5) is 0 Å². The highest BCUT2D eigenvalue weighted by atomic mass is 16.5. The summed E-state index contributed by atoms with van der Waals surface area (Å²) in [5.41, 5.74) is 7.47. The van der Waals surface area contributed by atoms with Gasteiger partial charge in [0.2, 0.25) is 5.91 Å². The summed E-state index contributed by atoms with van der Waals surface area (Å²) >= 11 is 0. The normalized spacial score (nSPS) is 34.4. The van der Waals surface area contributed by atoms with Crippen molar-refractivity contribution >= 4 is 11.7 Å². The SMILES string of the molecule is COc1cc(C)cc(C(=O)[C@H]2[C@H](C)C(C(N)=O)C[C@H]3C(C)(C)CCC[C@]23C)c1. The van der Waals surface area contributed by atoms with Gasteiger partial charge in [0.15, 0.2) is 5.78 Å². The second-order valence-corrected chi connectivity index (χ2v) is 10.1. The molecule has 0 bridgehead atoms. The van der Waals surface area contributed by atoms with Gasteiger partial charge in [0.05, 0.1) is 7.11 Å². The lowest BCUT2D eigenvalue weighted by molar-refractivity contribution is -0.138. The van der Waals surface area contributed by atoms with E-state index in [1.54, 1.807) is 7.11 Å². The predicted molar refractivity (Wildman–Crippen MR) is 111 cm³/mol. The molecular weight excluding hydrogens is 350 g/mol. The molecule has 4 heteroatoms. The molecule has 2 N–H and O–H groups in total. The summed E-state index contributed by atoms with van der Waals surface area (Å²) in [7, 11) is 1.62. The van der Waals surface area contributed by atoms with Crippen LogP contribution in [-0.2, 0) is 4.79 Å². The monoisotopic (exact) mass is 385 g/mol. The van der Waals surface area contributed by atoms with Crippen molar-refractivity contribution in [2.24, 2.45) is 40.2 Å². The van der Waals surface area contributed by atoms with Gasteiger partial charge in [0.1, 0.15) is 5.75 Å². The van der Waals surface area contributed by atoms with Gasteiger partial charge in [0.25, 0.3) is 0 Å². The molecule has 0 saturated heterocycles. The minimum absolute atomic E-state index is 0.0633. The molecular formula is C24H35NO3. The number of carbonyl (C=O) groups is 2. The van der Waals surface area contributed by atoms with E-state index in [2.05, 4.69) is 20.8 Å². The zero-order valence-corrected chi connectivity index (χ0v) is 18.2. The van der Waals surface area contributed by atoms with Crippen molar-refractivity contribution in [1.82, 2.24) is 0 Å². The maximum Gasteiger partial charge on any atom is 0.220 e. The number of methoxy groups -OCH3 is 1. The molecule has 2 aliphatic carbocycles. The molecule has 4 nitrogen and oxygen atoms in total. The number of carbonyl (C=O) groups excluding carboxylic acids is 2. The van der Waals surface area contributed by atoms with Gasteiger partial charge in [-0.05, 0) is 72.6 Å². The van der Waals surface area contributed by atoms with E-state index < -0.39 is 0 Å². The Labute approximate surface area is 169 Å². The Kier molecular flexibility index (Phi) is 5.37. The number of fused-ring (bicyclic) bond motifs is 1. The number of Topliss-reactive ketones (excluding diaryl/α,β-unsaturated/α-hetero) is 1. The highest BCUT2D eigenvalue weighted by molar-refractivity contribution is 5.99. The second kappa shape index (κ2) is 7.20. The Morgan fingerprint density at radius 2 is 1.82 bits per heavy atom. The highest BCUT2D eigenvalue weighted by Crippen LogP contribution is 2.62. The van der Waals surface area contributed by atoms with Crippen LogP contribution in [0.25, 0.3) is 0 Å². The van der Waals surface area contributed by atoms with Crippen molar-refractivity contribution in [2.75, 3.05) is 7.11 Å². The van der Waals surface area contributed by atoms with Crippen molar-refractivity contribution in [3.63, 3.8) is 0 Å². The lowest BCUT2D eigenvalue weighted by Gasteiger charge is -2.60. The fourth-order valence-corrected chi connectivity index (χ4v) is 6.53. The lowest BCUT2D eigenvalue weighted by atomic mass is 9.44. The topological polar surface area (TPSA) is 69.4 Å². The van der Waals surface area contributed by atoms with E-state index in [-0.39, 0.29) is 40.3 Å². The lowest BCUT2D eigenvalue weighted by Crippen LogP contribution is -2.57. The number of hydrogen-bond donors (Lipinski definition) is 1. The van der Waals surface area contributed by atoms with Gasteiger partial charge in [-0.1, -0.05) is 34.1 Å². The first-order chi connectivity index (χ1) is 13.0. The largest absolute Gasteiger partial charge is 0.497 e. The molecule has 2 saturated carbocycles. The van der Waals surface area contributed by atoms with E-state index in [1.165, 1.54) is 0 Å². The third-order valence-corrected chi connectivity index (χ3v) is 7.86. The number of primary amides is 1. The Balaban J connectivity index is 2.10. The predicted octanol–water partition coefficient (Wildman–Crippen LogP) is 4.78. The molecule has 3 rings (SSSR count). The van der Waals surface area contributed by atoms with Gasteiger partial charge < -0.3 is 10.5 Å². The van der Waals surface area contributed by atoms with Gasteiger partial charge in [-0.3, -0.25) is 9.59 Å². The minimum atomic E-state index is -0.268. The van der Waals surface area contributed by atoms with Crippen LogP contribution in [0.5, 0.6) is 5.75 Å². The number of rotatable bonds is 4. The first-order valence-corrected chi connectivity index (χ1v) is 10.5. The molecule has 0 heterocycles. The van der Waals surface area contributed by atoms with E-state index in [1.807, 2.05) is 32.0 Å². The summed E-state index contributed by atoms with van der Waals surface area (Å²) in [5.74, 6) is 0.339. The Bertz CT molecular complexity index is 784. The second-order valence-electron chi connectivity index (χ2n) is 10.1. The third kappa shape index (κ3) is 3.35. The molecule has 1 aromatic carbocycles. The average molecular weight is 386 g/mol. The zero-order valence-electron chi connectivity index (χ0n) is 18.2. The molecule has 2 aliphatic rings. The van der Waals surface area contributed by atoms with Gasteiger partial charge in [-0.25, -0.2) is 0 Å². The first kappa shape index (κ1) is 20.9. The van der Waals surface area contributed by atoms with Crippen LogP contribution in [0.2, 0.25) is 0 Å². The van der Waals surface area contributed by atoms with Crippen LogP contribution < -0.4 is 10.5 Å². The standard InChI is InChI=1S/C24H35NO3/c1-14-10-16(12-17(11-14)28-6)21(26)20-15(2)18(22(25)27)13-19-23(3,4)8-7-9-24(19,20)5/h10-12,15,18-20H,7-9,13H2,1-6H3,(H2,25,27)/t15-,18?,19+,20-,24+/m1/s1. The van der Waals surface area contributed by atoms with E-state index in [4.69, 9.17) is 10.5 Å².